The number of carboxylic acids is 1. The maximum Gasteiger partial charge on any atom is 0.343 e. The molecule has 190 valence electrons. The number of rotatable bonds is 9. The van der Waals surface area contributed by atoms with Gasteiger partial charge in [-0.05, 0) is 65.7 Å². The highest BCUT2D eigenvalue weighted by Gasteiger charge is 2.51. The van der Waals surface area contributed by atoms with E-state index in [4.69, 9.17) is 24.7 Å². The van der Waals surface area contributed by atoms with Gasteiger partial charge in [0.15, 0.2) is 0 Å². The molecule has 0 aromatic heterocycles. The number of esters is 3. The summed E-state index contributed by atoms with van der Waals surface area (Å²) in [5.41, 5.74) is 2.31. The summed E-state index contributed by atoms with van der Waals surface area (Å²) >= 11 is 0. The Bertz CT molecular complexity index is 897. The van der Waals surface area contributed by atoms with Gasteiger partial charge in [0.25, 0.3) is 0 Å². The van der Waals surface area contributed by atoms with Crippen molar-refractivity contribution in [2.75, 3.05) is 14.2 Å². The molecule has 0 aliphatic rings. The number of aliphatic carboxylic acids is 1. The maximum atomic E-state index is 13.3. The second-order valence-corrected chi connectivity index (χ2v) is 9.86. The number of methoxy groups -OCH3 is 2. The molecular weight excluding hydrogens is 446 g/mol. The minimum Gasteiger partial charge on any atom is -0.497 e. The van der Waals surface area contributed by atoms with Gasteiger partial charge in [-0.15, -0.1) is 0 Å². The van der Waals surface area contributed by atoms with Crippen molar-refractivity contribution in [1.29, 1.82) is 0 Å². The SMILES string of the molecule is COC(=O)C(CC(=O)O)Cc1ccc(OC)cc1C(N)(C(=O)OC(C)(C)C)C(=O)OC(C)(C)C. The van der Waals surface area contributed by atoms with E-state index >= 15 is 0 Å². The average molecular weight is 482 g/mol. The number of carbonyl (C=O) groups excluding carboxylic acids is 3. The summed E-state index contributed by atoms with van der Waals surface area (Å²) in [6.45, 7) is 9.71. The summed E-state index contributed by atoms with van der Waals surface area (Å²) in [6.07, 6.45) is -0.711. The number of hydrogen-bond donors (Lipinski definition) is 2. The predicted molar refractivity (Wildman–Crippen MR) is 122 cm³/mol. The van der Waals surface area contributed by atoms with Gasteiger partial charge in [0.1, 0.15) is 17.0 Å². The van der Waals surface area contributed by atoms with Gasteiger partial charge in [0.2, 0.25) is 5.54 Å². The summed E-state index contributed by atoms with van der Waals surface area (Å²) in [4.78, 5) is 50.3. The first kappa shape index (κ1) is 28.9. The molecule has 0 heterocycles. The highest BCUT2D eigenvalue weighted by atomic mass is 16.6. The zero-order valence-electron chi connectivity index (χ0n) is 21.0. The van der Waals surface area contributed by atoms with E-state index < -0.39 is 53.0 Å². The second kappa shape index (κ2) is 10.9. The van der Waals surface area contributed by atoms with Crippen LogP contribution in [-0.4, -0.2) is 54.4 Å². The summed E-state index contributed by atoms with van der Waals surface area (Å²) < 4.78 is 20.9. The number of ether oxygens (including phenoxy) is 4. The van der Waals surface area contributed by atoms with Crippen LogP contribution >= 0.6 is 0 Å². The Hall–Kier alpha value is -3.14. The minimum absolute atomic E-state index is 0.0327. The zero-order valence-corrected chi connectivity index (χ0v) is 21.0. The number of carbonyl (C=O) groups is 4. The van der Waals surface area contributed by atoms with Crippen LogP contribution in [0.2, 0.25) is 0 Å². The number of hydrogen-bond acceptors (Lipinski definition) is 9. The highest BCUT2D eigenvalue weighted by Crippen LogP contribution is 2.33. The van der Waals surface area contributed by atoms with E-state index in [1.54, 1.807) is 47.6 Å². The van der Waals surface area contributed by atoms with Gasteiger partial charge in [-0.3, -0.25) is 9.59 Å². The van der Waals surface area contributed by atoms with Crippen molar-refractivity contribution in [1.82, 2.24) is 0 Å². The quantitative estimate of drug-likeness (QED) is 0.305. The van der Waals surface area contributed by atoms with Crippen LogP contribution in [0.25, 0.3) is 0 Å². The molecule has 0 bridgehead atoms. The molecule has 3 N–H and O–H groups in total. The van der Waals surface area contributed by atoms with Crippen LogP contribution < -0.4 is 10.5 Å². The van der Waals surface area contributed by atoms with Gasteiger partial charge >= 0.3 is 23.9 Å². The zero-order chi connectivity index (χ0) is 26.5. The molecule has 34 heavy (non-hydrogen) atoms. The van der Waals surface area contributed by atoms with Gasteiger partial charge in [-0.1, -0.05) is 6.07 Å². The Morgan fingerprint density at radius 3 is 1.82 bits per heavy atom. The minimum atomic E-state index is -2.44. The third kappa shape index (κ3) is 7.72. The third-order valence-electron chi connectivity index (χ3n) is 4.61. The van der Waals surface area contributed by atoms with Crippen LogP contribution in [0, 0.1) is 5.92 Å². The molecule has 0 aliphatic carbocycles. The monoisotopic (exact) mass is 481 g/mol. The third-order valence-corrected chi connectivity index (χ3v) is 4.61. The van der Waals surface area contributed by atoms with Crippen molar-refractivity contribution >= 4 is 23.9 Å². The van der Waals surface area contributed by atoms with E-state index in [1.807, 2.05) is 0 Å². The molecule has 10 heteroatoms. The average Bonchev–Trinajstić information content (AvgIpc) is 2.69. The number of benzene rings is 1. The van der Waals surface area contributed by atoms with E-state index in [0.29, 0.717) is 0 Å². The van der Waals surface area contributed by atoms with E-state index in [0.717, 1.165) is 7.11 Å². The van der Waals surface area contributed by atoms with Crippen molar-refractivity contribution in [3.63, 3.8) is 0 Å². The maximum absolute atomic E-state index is 13.3. The summed E-state index contributed by atoms with van der Waals surface area (Å²) in [7, 11) is 2.53. The topological polar surface area (TPSA) is 151 Å². The van der Waals surface area contributed by atoms with E-state index in [1.165, 1.54) is 19.2 Å². The molecule has 0 spiro atoms. The lowest BCUT2D eigenvalue weighted by Crippen LogP contribution is -2.57. The Morgan fingerprint density at radius 2 is 1.44 bits per heavy atom. The van der Waals surface area contributed by atoms with Gasteiger partial charge in [0.05, 0.1) is 26.6 Å². The predicted octanol–water partition coefficient (Wildman–Crippen LogP) is 2.34. The Kier molecular flexibility index (Phi) is 9.23. The molecule has 0 aliphatic heterocycles. The number of nitrogens with two attached hydrogens (primary N) is 1. The Balaban J connectivity index is 3.78. The smallest absolute Gasteiger partial charge is 0.343 e. The fourth-order valence-electron chi connectivity index (χ4n) is 3.13. The first-order valence-electron chi connectivity index (χ1n) is 10.7. The molecule has 1 unspecified atom stereocenters. The van der Waals surface area contributed by atoms with Gasteiger partial charge < -0.3 is 29.8 Å². The lowest BCUT2D eigenvalue weighted by Gasteiger charge is -2.34. The largest absolute Gasteiger partial charge is 0.497 e. The molecule has 0 saturated carbocycles. The summed E-state index contributed by atoms with van der Waals surface area (Å²) in [5.74, 6) is -4.96. The molecular formula is C24H35NO9. The lowest BCUT2D eigenvalue weighted by molar-refractivity contribution is -0.177. The molecule has 1 aromatic rings. The van der Waals surface area contributed by atoms with Crippen LogP contribution in [0.4, 0.5) is 0 Å². The Morgan fingerprint density at radius 1 is 0.941 bits per heavy atom. The molecule has 0 amide bonds. The molecule has 0 saturated heterocycles. The van der Waals surface area contributed by atoms with E-state index in [2.05, 4.69) is 0 Å². The molecule has 0 fully saturated rings. The first-order chi connectivity index (χ1) is 15.4. The molecule has 10 nitrogen and oxygen atoms in total. The van der Waals surface area contributed by atoms with Crippen LogP contribution in [0.15, 0.2) is 18.2 Å². The number of carboxylic acid groups (broad SMARTS) is 1. The fraction of sp³-hybridized carbons (Fsp3) is 0.583. The highest BCUT2D eigenvalue weighted by molar-refractivity contribution is 6.06. The van der Waals surface area contributed by atoms with Crippen molar-refractivity contribution in [3.8, 4) is 5.75 Å². The van der Waals surface area contributed by atoms with Crippen LogP contribution in [0.3, 0.4) is 0 Å². The van der Waals surface area contributed by atoms with Crippen molar-refractivity contribution in [3.05, 3.63) is 29.3 Å². The van der Waals surface area contributed by atoms with Crippen molar-refractivity contribution in [2.24, 2.45) is 11.7 Å². The van der Waals surface area contributed by atoms with Crippen LogP contribution in [0.5, 0.6) is 5.75 Å². The van der Waals surface area contributed by atoms with Gasteiger partial charge in [0, 0.05) is 5.56 Å². The lowest BCUT2D eigenvalue weighted by atomic mass is 9.83. The Labute approximate surface area is 199 Å². The molecule has 0 radical (unpaired) electrons. The van der Waals surface area contributed by atoms with Crippen molar-refractivity contribution < 1.29 is 43.2 Å². The molecule has 1 aromatic carbocycles. The molecule has 1 atom stereocenters. The molecule has 1 rings (SSSR count). The normalized spacial score (nSPS) is 13.0. The second-order valence-electron chi connectivity index (χ2n) is 9.86. The standard InChI is InChI=1S/C24H35NO9/c1-22(2,3)33-20(29)24(25,21(30)34-23(4,5)6)17-13-16(31-7)10-9-14(17)11-15(12-18(26)27)19(28)32-8/h9-10,13,15H,11-12,25H2,1-8H3,(H,26,27). The van der Waals surface area contributed by atoms with Gasteiger partial charge in [-0.25, -0.2) is 9.59 Å². The summed E-state index contributed by atoms with van der Waals surface area (Å²) in [6, 6.07) is 4.42. The van der Waals surface area contributed by atoms with E-state index in [9.17, 15) is 24.3 Å². The van der Waals surface area contributed by atoms with Crippen molar-refractivity contribution in [2.45, 2.75) is 71.1 Å². The van der Waals surface area contributed by atoms with Crippen LogP contribution in [0.1, 0.15) is 59.1 Å². The fourth-order valence-corrected chi connectivity index (χ4v) is 3.13. The first-order valence-corrected chi connectivity index (χ1v) is 10.7. The van der Waals surface area contributed by atoms with Crippen LogP contribution in [-0.2, 0) is 45.3 Å². The van der Waals surface area contributed by atoms with E-state index in [-0.39, 0.29) is 23.3 Å². The summed E-state index contributed by atoms with van der Waals surface area (Å²) in [5, 5.41) is 9.25. The van der Waals surface area contributed by atoms with Gasteiger partial charge in [-0.2, -0.15) is 0 Å².